The first kappa shape index (κ1) is 13.1. The van der Waals surface area contributed by atoms with Gasteiger partial charge in [-0.2, -0.15) is 0 Å². The fourth-order valence-corrected chi connectivity index (χ4v) is 1.58. The number of rotatable bonds is 5. The number of hydrogen-bond acceptors (Lipinski definition) is 3. The minimum atomic E-state index is -1.59. The molecular weight excluding hydrogens is 196 g/mol. The molecule has 0 saturated heterocycles. The van der Waals surface area contributed by atoms with E-state index >= 15 is 0 Å². The van der Waals surface area contributed by atoms with Crippen LogP contribution >= 0.6 is 0 Å². The van der Waals surface area contributed by atoms with Crippen LogP contribution in [0.25, 0.3) is 0 Å². The third-order valence-electron chi connectivity index (χ3n) is 1.26. The van der Waals surface area contributed by atoms with Gasteiger partial charge in [0.2, 0.25) is 8.32 Å². The smallest absolute Gasteiger partial charge is 0.265 e. The number of ether oxygens (including phenoxy) is 2. The van der Waals surface area contributed by atoms with Gasteiger partial charge in [-0.15, -0.1) is 0 Å². The molecule has 0 aliphatic rings. The van der Waals surface area contributed by atoms with Gasteiger partial charge in [0.15, 0.2) is 0 Å². The molecule has 0 radical (unpaired) electrons. The maximum atomic E-state index is 5.69. The molecule has 0 rings (SSSR count). The molecule has 0 atom stereocenters. The summed E-state index contributed by atoms with van der Waals surface area (Å²) in [6.45, 7) is 8.25. The molecule has 14 heavy (non-hydrogen) atoms. The highest BCUT2D eigenvalue weighted by Crippen LogP contribution is 2.12. The Morgan fingerprint density at radius 3 is 2.07 bits per heavy atom. The van der Waals surface area contributed by atoms with Crippen molar-refractivity contribution in [1.82, 2.24) is 0 Å². The number of methoxy groups -OCH3 is 2. The Balaban J connectivity index is 4.48. The molecule has 0 aromatic heterocycles. The molecule has 3 nitrogen and oxygen atoms in total. The summed E-state index contributed by atoms with van der Waals surface area (Å²) in [5.41, 5.74) is 0.961. The molecule has 0 aliphatic carbocycles. The van der Waals surface area contributed by atoms with Crippen LogP contribution in [0.15, 0.2) is 23.9 Å². The first-order chi connectivity index (χ1) is 6.39. The Morgan fingerprint density at radius 1 is 1.14 bits per heavy atom. The maximum absolute atomic E-state index is 5.69. The van der Waals surface area contributed by atoms with Crippen molar-refractivity contribution in [2.75, 3.05) is 14.2 Å². The van der Waals surface area contributed by atoms with Gasteiger partial charge in [0, 0.05) is 6.08 Å². The molecular formula is C10H20O3Si. The summed E-state index contributed by atoms with van der Waals surface area (Å²) in [4.78, 5) is 0. The van der Waals surface area contributed by atoms with Crippen LogP contribution in [0.4, 0.5) is 0 Å². The fourth-order valence-electron chi connectivity index (χ4n) is 0.838. The summed E-state index contributed by atoms with van der Waals surface area (Å²) in [7, 11) is 1.63. The lowest BCUT2D eigenvalue weighted by atomic mass is 10.3. The second-order valence-corrected chi connectivity index (χ2v) is 8.41. The first-order valence-corrected chi connectivity index (χ1v) is 7.94. The van der Waals surface area contributed by atoms with Crippen molar-refractivity contribution in [2.45, 2.75) is 26.6 Å². The molecule has 82 valence electrons. The lowest BCUT2D eigenvalue weighted by Crippen LogP contribution is -2.25. The van der Waals surface area contributed by atoms with Gasteiger partial charge in [0.25, 0.3) is 5.95 Å². The van der Waals surface area contributed by atoms with E-state index in [9.17, 15) is 0 Å². The van der Waals surface area contributed by atoms with E-state index < -0.39 is 8.32 Å². The SMILES string of the molecule is CO/C=C(C)/C=C(/OC)O[Si](C)(C)C. The molecule has 0 fully saturated rings. The second-order valence-electron chi connectivity index (χ2n) is 3.98. The molecule has 0 N–H and O–H groups in total. The van der Waals surface area contributed by atoms with E-state index in [-0.39, 0.29) is 0 Å². The molecule has 0 aromatic rings. The summed E-state index contributed by atoms with van der Waals surface area (Å²) in [6, 6.07) is 0. The van der Waals surface area contributed by atoms with Gasteiger partial charge in [0.05, 0.1) is 20.5 Å². The summed E-state index contributed by atoms with van der Waals surface area (Å²) >= 11 is 0. The number of hydrogen-bond donors (Lipinski definition) is 0. The van der Waals surface area contributed by atoms with Gasteiger partial charge < -0.3 is 13.9 Å². The van der Waals surface area contributed by atoms with Crippen molar-refractivity contribution in [3.8, 4) is 0 Å². The van der Waals surface area contributed by atoms with Crippen LogP contribution in [-0.4, -0.2) is 22.5 Å². The Morgan fingerprint density at radius 2 is 1.71 bits per heavy atom. The lowest BCUT2D eigenvalue weighted by Gasteiger charge is -2.20. The van der Waals surface area contributed by atoms with Gasteiger partial charge in [-0.25, -0.2) is 0 Å². The Kier molecular flexibility index (Phi) is 5.38. The molecule has 0 spiro atoms. The summed E-state index contributed by atoms with van der Waals surface area (Å²) in [6.07, 6.45) is 3.47. The van der Waals surface area contributed by atoms with E-state index in [1.165, 1.54) is 0 Å². The van der Waals surface area contributed by atoms with Crippen LogP contribution in [0.5, 0.6) is 0 Å². The third-order valence-corrected chi connectivity index (χ3v) is 2.07. The van der Waals surface area contributed by atoms with E-state index in [0.717, 1.165) is 5.57 Å². The van der Waals surface area contributed by atoms with Crippen LogP contribution in [0.2, 0.25) is 19.6 Å². The van der Waals surface area contributed by atoms with Crippen LogP contribution in [0.3, 0.4) is 0 Å². The number of allylic oxidation sites excluding steroid dienone is 2. The minimum Gasteiger partial charge on any atom is -0.520 e. The van der Waals surface area contributed by atoms with Crippen LogP contribution in [0.1, 0.15) is 6.92 Å². The molecule has 4 heteroatoms. The Hall–Kier alpha value is -0.903. The van der Waals surface area contributed by atoms with E-state index in [1.54, 1.807) is 20.5 Å². The molecule has 0 saturated carbocycles. The highest BCUT2D eigenvalue weighted by atomic mass is 28.4. The molecule has 0 unspecified atom stereocenters. The van der Waals surface area contributed by atoms with Crippen LogP contribution in [-0.2, 0) is 13.9 Å². The third kappa shape index (κ3) is 6.60. The second kappa shape index (κ2) is 5.75. The summed E-state index contributed by atoms with van der Waals surface area (Å²) in [5.74, 6) is 0.551. The first-order valence-electron chi connectivity index (χ1n) is 4.53. The van der Waals surface area contributed by atoms with Crippen molar-refractivity contribution in [1.29, 1.82) is 0 Å². The highest BCUT2D eigenvalue weighted by molar-refractivity contribution is 6.69. The largest absolute Gasteiger partial charge is 0.520 e. The topological polar surface area (TPSA) is 27.7 Å². The van der Waals surface area contributed by atoms with Gasteiger partial charge in [-0.05, 0) is 32.1 Å². The van der Waals surface area contributed by atoms with Crippen molar-refractivity contribution < 1.29 is 13.9 Å². The van der Waals surface area contributed by atoms with Gasteiger partial charge in [0.1, 0.15) is 0 Å². The van der Waals surface area contributed by atoms with Crippen molar-refractivity contribution in [3.63, 3.8) is 0 Å². The summed E-state index contributed by atoms with van der Waals surface area (Å²) in [5, 5.41) is 0. The highest BCUT2D eigenvalue weighted by Gasteiger charge is 2.17. The lowest BCUT2D eigenvalue weighted by molar-refractivity contribution is 0.147. The Labute approximate surface area is 87.5 Å². The monoisotopic (exact) mass is 216 g/mol. The average molecular weight is 216 g/mol. The molecule has 0 aliphatic heterocycles. The molecule has 0 amide bonds. The molecule has 0 bridgehead atoms. The van der Waals surface area contributed by atoms with Gasteiger partial charge in [-0.1, -0.05) is 0 Å². The predicted molar refractivity (Wildman–Crippen MR) is 60.3 cm³/mol. The standard InChI is InChI=1S/C10H20O3Si/c1-9(8-11-2)7-10(12-3)13-14(4,5)6/h7-8H,1-6H3/b9-8+,10-7-. The van der Waals surface area contributed by atoms with E-state index in [2.05, 4.69) is 19.6 Å². The maximum Gasteiger partial charge on any atom is 0.265 e. The minimum absolute atomic E-state index is 0.551. The van der Waals surface area contributed by atoms with Gasteiger partial charge >= 0.3 is 0 Å². The Bertz CT molecular complexity index is 226. The van der Waals surface area contributed by atoms with Crippen molar-refractivity contribution in [3.05, 3.63) is 23.9 Å². The zero-order valence-corrected chi connectivity index (χ0v) is 10.9. The quantitative estimate of drug-likeness (QED) is 0.402. The van der Waals surface area contributed by atoms with E-state index in [0.29, 0.717) is 5.95 Å². The van der Waals surface area contributed by atoms with Crippen molar-refractivity contribution in [2.24, 2.45) is 0 Å². The molecule has 0 aromatic carbocycles. The zero-order chi connectivity index (χ0) is 11.2. The predicted octanol–water partition coefficient (Wildman–Crippen LogP) is 2.88. The fraction of sp³-hybridized carbons (Fsp3) is 0.600. The normalized spacial score (nSPS) is 13.9. The van der Waals surface area contributed by atoms with E-state index in [1.807, 2.05) is 13.0 Å². The molecule has 0 heterocycles. The van der Waals surface area contributed by atoms with Crippen LogP contribution in [0, 0.1) is 0 Å². The summed E-state index contributed by atoms with van der Waals surface area (Å²) < 4.78 is 15.7. The zero-order valence-electron chi connectivity index (χ0n) is 9.88. The van der Waals surface area contributed by atoms with Crippen molar-refractivity contribution >= 4 is 8.32 Å². The van der Waals surface area contributed by atoms with Crippen LogP contribution < -0.4 is 0 Å². The van der Waals surface area contributed by atoms with Gasteiger partial charge in [-0.3, -0.25) is 0 Å². The van der Waals surface area contributed by atoms with E-state index in [4.69, 9.17) is 13.9 Å². The average Bonchev–Trinajstić information content (AvgIpc) is 2.01.